The zero-order valence-corrected chi connectivity index (χ0v) is 11.4. The van der Waals surface area contributed by atoms with Gasteiger partial charge in [0.2, 0.25) is 0 Å². The minimum Gasteiger partial charge on any atom is -0.494 e. The summed E-state index contributed by atoms with van der Waals surface area (Å²) in [6, 6.07) is 7.04. The minimum absolute atomic E-state index is 0.101. The molecule has 2 aromatic rings. The van der Waals surface area contributed by atoms with Crippen LogP contribution in [0.15, 0.2) is 47.4 Å². The van der Waals surface area contributed by atoms with Gasteiger partial charge >= 0.3 is 6.18 Å². The highest BCUT2D eigenvalue weighted by Gasteiger charge is 2.30. The van der Waals surface area contributed by atoms with E-state index in [1.165, 1.54) is 24.3 Å². The monoisotopic (exact) mass is 315 g/mol. The predicted octanol–water partition coefficient (Wildman–Crippen LogP) is 3.48. The summed E-state index contributed by atoms with van der Waals surface area (Å²) in [7, 11) is 0. The first kappa shape index (κ1) is 16.1. The highest BCUT2D eigenvalue weighted by Crippen LogP contribution is 2.28. The van der Waals surface area contributed by atoms with Crippen LogP contribution in [0.4, 0.5) is 17.6 Å². The number of aromatic nitrogens is 1. The fourth-order valence-corrected chi connectivity index (χ4v) is 1.83. The maximum Gasteiger partial charge on any atom is 0.417 e. The van der Waals surface area contributed by atoms with E-state index in [4.69, 9.17) is 4.74 Å². The first-order valence-electron chi connectivity index (χ1n) is 6.52. The second-order valence-corrected chi connectivity index (χ2v) is 4.60. The Kier molecular flexibility index (Phi) is 4.85. The van der Waals surface area contributed by atoms with Crippen LogP contribution in [0.1, 0.15) is 12.0 Å². The molecule has 0 spiro atoms. The van der Waals surface area contributed by atoms with E-state index in [2.05, 4.69) is 0 Å². The number of hydrogen-bond donors (Lipinski definition) is 0. The molecule has 0 atom stereocenters. The maximum atomic E-state index is 12.7. The van der Waals surface area contributed by atoms with Gasteiger partial charge in [0.1, 0.15) is 11.6 Å². The first-order chi connectivity index (χ1) is 10.4. The van der Waals surface area contributed by atoms with Crippen molar-refractivity contribution in [1.29, 1.82) is 0 Å². The molecular weight excluding hydrogens is 302 g/mol. The topological polar surface area (TPSA) is 31.2 Å². The molecule has 0 aliphatic carbocycles. The quantitative estimate of drug-likeness (QED) is 0.625. The van der Waals surface area contributed by atoms with E-state index in [9.17, 15) is 22.4 Å². The number of alkyl halides is 3. The standard InChI is InChI=1S/C15H13F4NO2/c16-12-3-5-13(6-4-12)22-9-1-8-20-10-11(15(17,18)19)2-7-14(20)21/h2-7,10H,1,8-9H2. The van der Waals surface area contributed by atoms with E-state index in [1.807, 2.05) is 0 Å². The van der Waals surface area contributed by atoms with Gasteiger partial charge in [0.25, 0.3) is 5.56 Å². The molecule has 0 saturated carbocycles. The van der Waals surface area contributed by atoms with Gasteiger partial charge in [0, 0.05) is 18.8 Å². The average molecular weight is 315 g/mol. The molecule has 0 N–H and O–H groups in total. The van der Waals surface area contributed by atoms with E-state index < -0.39 is 17.3 Å². The van der Waals surface area contributed by atoms with Crippen LogP contribution in [0.25, 0.3) is 0 Å². The predicted molar refractivity (Wildman–Crippen MR) is 72.2 cm³/mol. The summed E-state index contributed by atoms with van der Waals surface area (Å²) in [5.74, 6) is 0.0701. The molecule has 0 amide bonds. The summed E-state index contributed by atoms with van der Waals surface area (Å²) in [4.78, 5) is 11.5. The zero-order chi connectivity index (χ0) is 16.2. The van der Waals surface area contributed by atoms with Gasteiger partial charge in [-0.25, -0.2) is 4.39 Å². The number of ether oxygens (including phenoxy) is 1. The van der Waals surface area contributed by atoms with Gasteiger partial charge < -0.3 is 9.30 Å². The molecular formula is C15H13F4NO2. The molecule has 0 aliphatic heterocycles. The van der Waals surface area contributed by atoms with Crippen molar-refractivity contribution in [1.82, 2.24) is 4.57 Å². The minimum atomic E-state index is -4.49. The second kappa shape index (κ2) is 6.64. The molecule has 7 heteroatoms. The second-order valence-electron chi connectivity index (χ2n) is 4.60. The zero-order valence-electron chi connectivity index (χ0n) is 11.4. The van der Waals surface area contributed by atoms with Crippen LogP contribution < -0.4 is 10.3 Å². The van der Waals surface area contributed by atoms with Crippen molar-refractivity contribution >= 4 is 0 Å². The fourth-order valence-electron chi connectivity index (χ4n) is 1.83. The highest BCUT2D eigenvalue weighted by molar-refractivity contribution is 5.22. The largest absolute Gasteiger partial charge is 0.494 e. The third-order valence-electron chi connectivity index (χ3n) is 2.94. The third-order valence-corrected chi connectivity index (χ3v) is 2.94. The average Bonchev–Trinajstić information content (AvgIpc) is 2.46. The van der Waals surface area contributed by atoms with Crippen molar-refractivity contribution in [3.8, 4) is 5.75 Å². The molecule has 118 valence electrons. The first-order valence-corrected chi connectivity index (χ1v) is 6.52. The number of nitrogens with zero attached hydrogens (tertiary/aromatic N) is 1. The van der Waals surface area contributed by atoms with E-state index in [-0.39, 0.29) is 19.0 Å². The van der Waals surface area contributed by atoms with Crippen molar-refractivity contribution in [3.63, 3.8) is 0 Å². The molecule has 0 aliphatic rings. The van der Waals surface area contributed by atoms with Gasteiger partial charge in [-0.15, -0.1) is 0 Å². The molecule has 2 rings (SSSR count). The van der Waals surface area contributed by atoms with Gasteiger partial charge in [-0.05, 0) is 36.8 Å². The van der Waals surface area contributed by atoms with Crippen molar-refractivity contribution in [2.45, 2.75) is 19.1 Å². The molecule has 22 heavy (non-hydrogen) atoms. The number of hydrogen-bond acceptors (Lipinski definition) is 2. The normalized spacial score (nSPS) is 11.5. The van der Waals surface area contributed by atoms with Crippen molar-refractivity contribution in [2.24, 2.45) is 0 Å². The lowest BCUT2D eigenvalue weighted by atomic mass is 10.2. The Morgan fingerprint density at radius 3 is 2.36 bits per heavy atom. The molecule has 0 unspecified atom stereocenters. The summed E-state index contributed by atoms with van der Waals surface area (Å²) < 4.78 is 56.7. The van der Waals surface area contributed by atoms with Crippen molar-refractivity contribution in [2.75, 3.05) is 6.61 Å². The van der Waals surface area contributed by atoms with Crippen LogP contribution in [-0.2, 0) is 12.7 Å². The van der Waals surface area contributed by atoms with Crippen LogP contribution in [0.3, 0.4) is 0 Å². The van der Waals surface area contributed by atoms with E-state index >= 15 is 0 Å². The van der Waals surface area contributed by atoms with Gasteiger partial charge in [0.15, 0.2) is 0 Å². The number of benzene rings is 1. The Morgan fingerprint density at radius 1 is 1.05 bits per heavy atom. The Hall–Kier alpha value is -2.31. The Labute approximate surface area is 123 Å². The number of pyridine rings is 1. The van der Waals surface area contributed by atoms with Crippen LogP contribution >= 0.6 is 0 Å². The Balaban J connectivity index is 1.91. The lowest BCUT2D eigenvalue weighted by molar-refractivity contribution is -0.138. The molecule has 3 nitrogen and oxygen atoms in total. The highest BCUT2D eigenvalue weighted by atomic mass is 19.4. The number of halogens is 4. The molecule has 0 saturated heterocycles. The van der Waals surface area contributed by atoms with Crippen LogP contribution in [-0.4, -0.2) is 11.2 Å². The SMILES string of the molecule is O=c1ccc(C(F)(F)F)cn1CCCOc1ccc(F)cc1. The van der Waals surface area contributed by atoms with Crippen LogP contribution in [0.5, 0.6) is 5.75 Å². The van der Waals surface area contributed by atoms with E-state index in [0.717, 1.165) is 22.9 Å². The van der Waals surface area contributed by atoms with Gasteiger partial charge in [-0.1, -0.05) is 0 Å². The third kappa shape index (κ3) is 4.34. The molecule has 0 bridgehead atoms. The summed E-state index contributed by atoms with van der Waals surface area (Å²) in [5.41, 5.74) is -1.37. The van der Waals surface area contributed by atoms with Gasteiger partial charge in [-0.2, -0.15) is 13.2 Å². The summed E-state index contributed by atoms with van der Waals surface area (Å²) in [5, 5.41) is 0. The summed E-state index contributed by atoms with van der Waals surface area (Å²) >= 11 is 0. The number of aryl methyl sites for hydroxylation is 1. The molecule has 1 aromatic carbocycles. The van der Waals surface area contributed by atoms with E-state index in [1.54, 1.807) is 0 Å². The van der Waals surface area contributed by atoms with E-state index in [0.29, 0.717) is 12.2 Å². The fraction of sp³-hybridized carbons (Fsp3) is 0.267. The molecule has 0 radical (unpaired) electrons. The Bertz CT molecular complexity index is 677. The van der Waals surface area contributed by atoms with Crippen molar-refractivity contribution < 1.29 is 22.3 Å². The number of rotatable bonds is 5. The maximum absolute atomic E-state index is 12.7. The summed E-state index contributed by atoms with van der Waals surface area (Å²) in [6.07, 6.45) is -3.35. The van der Waals surface area contributed by atoms with Gasteiger partial charge in [-0.3, -0.25) is 4.79 Å². The van der Waals surface area contributed by atoms with Crippen LogP contribution in [0, 0.1) is 5.82 Å². The van der Waals surface area contributed by atoms with Crippen molar-refractivity contribution in [3.05, 3.63) is 64.3 Å². The van der Waals surface area contributed by atoms with Crippen LogP contribution in [0.2, 0.25) is 0 Å². The smallest absolute Gasteiger partial charge is 0.417 e. The summed E-state index contributed by atoms with van der Waals surface area (Å²) in [6.45, 7) is 0.304. The molecule has 1 aromatic heterocycles. The Morgan fingerprint density at radius 2 is 1.73 bits per heavy atom. The van der Waals surface area contributed by atoms with Gasteiger partial charge in [0.05, 0.1) is 12.2 Å². The molecule has 0 fully saturated rings. The molecule has 1 heterocycles. The lowest BCUT2D eigenvalue weighted by Crippen LogP contribution is -2.22. The lowest BCUT2D eigenvalue weighted by Gasteiger charge is -2.11.